The van der Waals surface area contributed by atoms with E-state index in [1.54, 1.807) is 6.07 Å². The van der Waals surface area contributed by atoms with Crippen LogP contribution >= 0.6 is 0 Å². The average Bonchev–Trinajstić information content (AvgIpc) is 2.41. The molecule has 2 N–H and O–H groups in total. The Hall–Kier alpha value is -2.15. The van der Waals surface area contributed by atoms with Gasteiger partial charge in [0.2, 0.25) is 0 Å². The summed E-state index contributed by atoms with van der Waals surface area (Å²) in [7, 11) is 0. The summed E-state index contributed by atoms with van der Waals surface area (Å²) in [4.78, 5) is 22.0. The molecule has 0 aliphatic heterocycles. The van der Waals surface area contributed by atoms with E-state index in [1.807, 2.05) is 0 Å². The highest BCUT2D eigenvalue weighted by molar-refractivity contribution is 5.78. The number of carbonyl (C=O) groups is 1. The number of ether oxygens (including phenoxy) is 1. The summed E-state index contributed by atoms with van der Waals surface area (Å²) < 4.78 is 5.18. The number of nitrogens with zero attached hydrogens (tertiary/aromatic N) is 1. The van der Waals surface area contributed by atoms with Crippen molar-refractivity contribution in [3.05, 3.63) is 34.4 Å². The first kappa shape index (κ1) is 14.3. The molecule has 0 bridgehead atoms. The Labute approximate surface area is 115 Å². The lowest BCUT2D eigenvalue weighted by Crippen LogP contribution is -2.57. The smallest absolute Gasteiger partial charge is 0.310 e. The maximum Gasteiger partial charge on any atom is 0.310 e. The number of nitro groups is 1. The van der Waals surface area contributed by atoms with Gasteiger partial charge in [-0.05, 0) is 25.3 Å². The van der Waals surface area contributed by atoms with Crippen LogP contribution in [0.25, 0.3) is 0 Å². The van der Waals surface area contributed by atoms with Crippen molar-refractivity contribution in [1.29, 1.82) is 0 Å². The zero-order valence-electron chi connectivity index (χ0n) is 10.9. The fraction of sp³-hybridized carbons (Fsp3) is 0.462. The van der Waals surface area contributed by atoms with Gasteiger partial charge < -0.3 is 15.2 Å². The Kier molecular flexibility index (Phi) is 4.19. The van der Waals surface area contributed by atoms with Crippen molar-refractivity contribution in [1.82, 2.24) is 5.32 Å². The lowest BCUT2D eigenvalue weighted by Gasteiger charge is -2.40. The maximum absolute atomic E-state index is 11.7. The summed E-state index contributed by atoms with van der Waals surface area (Å²) in [6.45, 7) is -0.420. The molecule has 0 radical (unpaired) electrons. The van der Waals surface area contributed by atoms with Gasteiger partial charge in [-0.25, -0.2) is 0 Å². The molecule has 0 heterocycles. The maximum atomic E-state index is 11.7. The van der Waals surface area contributed by atoms with E-state index in [2.05, 4.69) is 5.32 Å². The van der Waals surface area contributed by atoms with Crippen LogP contribution in [0.1, 0.15) is 19.3 Å². The van der Waals surface area contributed by atoms with Gasteiger partial charge in [0.05, 0.1) is 17.1 Å². The minimum atomic E-state index is -0.561. The molecule has 1 aromatic rings. The molecule has 0 spiro atoms. The molecule has 0 atom stereocenters. The van der Waals surface area contributed by atoms with E-state index in [0.717, 1.165) is 19.3 Å². The van der Waals surface area contributed by atoms with Crippen LogP contribution in [-0.4, -0.2) is 34.7 Å². The summed E-state index contributed by atoms with van der Waals surface area (Å²) in [5, 5.41) is 22.7. The minimum Gasteiger partial charge on any atom is -0.477 e. The largest absolute Gasteiger partial charge is 0.477 e. The summed E-state index contributed by atoms with van der Waals surface area (Å²) in [5.41, 5.74) is -0.718. The number of carbonyl (C=O) groups excluding carboxylic acids is 1. The van der Waals surface area contributed by atoms with Crippen molar-refractivity contribution in [2.45, 2.75) is 24.8 Å². The molecule has 0 unspecified atom stereocenters. The Bertz CT molecular complexity index is 508. The van der Waals surface area contributed by atoms with Gasteiger partial charge in [0.25, 0.3) is 5.91 Å². The number of hydrogen-bond acceptors (Lipinski definition) is 5. The Morgan fingerprint density at radius 3 is 2.70 bits per heavy atom. The number of aliphatic hydroxyl groups excluding tert-OH is 1. The van der Waals surface area contributed by atoms with Gasteiger partial charge in [-0.3, -0.25) is 14.9 Å². The van der Waals surface area contributed by atoms with Crippen molar-refractivity contribution < 1.29 is 19.6 Å². The molecule has 1 aliphatic carbocycles. The van der Waals surface area contributed by atoms with Crippen LogP contribution in [0.2, 0.25) is 0 Å². The average molecular weight is 280 g/mol. The first-order valence-corrected chi connectivity index (χ1v) is 6.34. The third kappa shape index (κ3) is 3.05. The molecule has 1 saturated carbocycles. The van der Waals surface area contributed by atoms with Crippen LogP contribution in [-0.2, 0) is 4.79 Å². The number of benzene rings is 1. The van der Waals surface area contributed by atoms with Crippen LogP contribution in [0.15, 0.2) is 24.3 Å². The lowest BCUT2D eigenvalue weighted by molar-refractivity contribution is -0.385. The molecule has 2 rings (SSSR count). The van der Waals surface area contributed by atoms with Crippen molar-refractivity contribution in [2.24, 2.45) is 0 Å². The molecular weight excluding hydrogens is 264 g/mol. The second kappa shape index (κ2) is 5.87. The molecule has 1 aromatic carbocycles. The van der Waals surface area contributed by atoms with Crippen molar-refractivity contribution in [3.8, 4) is 5.75 Å². The van der Waals surface area contributed by atoms with Crippen LogP contribution in [0.3, 0.4) is 0 Å². The highest BCUT2D eigenvalue weighted by atomic mass is 16.6. The second-order valence-corrected chi connectivity index (χ2v) is 4.85. The van der Waals surface area contributed by atoms with Gasteiger partial charge in [0, 0.05) is 6.07 Å². The van der Waals surface area contributed by atoms with E-state index in [-0.39, 0.29) is 24.7 Å². The van der Waals surface area contributed by atoms with Crippen LogP contribution < -0.4 is 10.1 Å². The molecule has 1 amide bonds. The zero-order valence-corrected chi connectivity index (χ0v) is 10.9. The van der Waals surface area contributed by atoms with Gasteiger partial charge in [0.1, 0.15) is 0 Å². The molecule has 7 nitrogen and oxygen atoms in total. The third-order valence-corrected chi connectivity index (χ3v) is 3.44. The number of hydrogen-bond donors (Lipinski definition) is 2. The Morgan fingerprint density at radius 1 is 1.45 bits per heavy atom. The third-order valence-electron chi connectivity index (χ3n) is 3.44. The second-order valence-electron chi connectivity index (χ2n) is 4.85. The van der Waals surface area contributed by atoms with Gasteiger partial charge in [-0.2, -0.15) is 0 Å². The molecular formula is C13H16N2O5. The van der Waals surface area contributed by atoms with Gasteiger partial charge in [0.15, 0.2) is 12.4 Å². The van der Waals surface area contributed by atoms with Crippen molar-refractivity contribution in [2.75, 3.05) is 13.2 Å². The SMILES string of the molecule is O=C(COc1ccccc1[N+](=O)[O-])NC1(CO)CCC1. The standard InChI is InChI=1S/C13H16N2O5/c16-9-13(6-3-7-13)14-12(17)8-20-11-5-2-1-4-10(11)15(18)19/h1-2,4-5,16H,3,6-9H2,(H,14,17). The Balaban J connectivity index is 1.92. The van der Waals surface area contributed by atoms with E-state index >= 15 is 0 Å². The van der Waals surface area contributed by atoms with E-state index in [9.17, 15) is 20.0 Å². The number of aliphatic hydroxyl groups is 1. The number of nitrogens with one attached hydrogen (secondary N) is 1. The summed E-state index contributed by atoms with van der Waals surface area (Å²) in [5.74, 6) is -0.337. The van der Waals surface area contributed by atoms with Crippen molar-refractivity contribution >= 4 is 11.6 Å². The quantitative estimate of drug-likeness (QED) is 0.598. The summed E-state index contributed by atoms with van der Waals surface area (Å²) in [6, 6.07) is 5.88. The topological polar surface area (TPSA) is 102 Å². The van der Waals surface area contributed by atoms with Gasteiger partial charge in [-0.1, -0.05) is 12.1 Å². The highest BCUT2D eigenvalue weighted by Crippen LogP contribution is 2.31. The van der Waals surface area contributed by atoms with E-state index in [1.165, 1.54) is 18.2 Å². The first-order valence-electron chi connectivity index (χ1n) is 6.34. The Morgan fingerprint density at radius 2 is 2.15 bits per heavy atom. The number of rotatable bonds is 6. The summed E-state index contributed by atoms with van der Waals surface area (Å²) in [6.07, 6.45) is 2.44. The predicted molar refractivity (Wildman–Crippen MR) is 70.4 cm³/mol. The fourth-order valence-corrected chi connectivity index (χ4v) is 2.13. The molecule has 1 fully saturated rings. The van der Waals surface area contributed by atoms with E-state index < -0.39 is 16.4 Å². The van der Waals surface area contributed by atoms with E-state index in [4.69, 9.17) is 4.74 Å². The van der Waals surface area contributed by atoms with Gasteiger partial charge >= 0.3 is 5.69 Å². The summed E-state index contributed by atoms with van der Waals surface area (Å²) >= 11 is 0. The lowest BCUT2D eigenvalue weighted by atomic mass is 9.77. The highest BCUT2D eigenvalue weighted by Gasteiger charge is 2.37. The van der Waals surface area contributed by atoms with Crippen LogP contribution in [0, 0.1) is 10.1 Å². The number of para-hydroxylation sites is 2. The first-order chi connectivity index (χ1) is 9.56. The molecule has 20 heavy (non-hydrogen) atoms. The fourth-order valence-electron chi connectivity index (χ4n) is 2.13. The zero-order chi connectivity index (χ0) is 14.6. The van der Waals surface area contributed by atoms with Gasteiger partial charge in [-0.15, -0.1) is 0 Å². The van der Waals surface area contributed by atoms with Crippen LogP contribution in [0.4, 0.5) is 5.69 Å². The molecule has 7 heteroatoms. The van der Waals surface area contributed by atoms with Crippen molar-refractivity contribution in [3.63, 3.8) is 0 Å². The normalized spacial score (nSPS) is 16.1. The molecule has 0 aromatic heterocycles. The predicted octanol–water partition coefficient (Wildman–Crippen LogP) is 1.00. The molecule has 1 aliphatic rings. The van der Waals surface area contributed by atoms with E-state index in [0.29, 0.717) is 0 Å². The monoisotopic (exact) mass is 280 g/mol. The number of nitro benzene ring substituents is 1. The minimum absolute atomic E-state index is 0.0549. The molecule has 0 saturated heterocycles. The van der Waals surface area contributed by atoms with Crippen LogP contribution in [0.5, 0.6) is 5.75 Å². The molecule has 108 valence electrons. The number of amides is 1.